The molecule has 1 heterocycles. The molecule has 1 saturated carbocycles. The summed E-state index contributed by atoms with van der Waals surface area (Å²) in [5.74, 6) is 0.594. The summed E-state index contributed by atoms with van der Waals surface area (Å²) in [6.45, 7) is 5.27. The molecule has 0 radical (unpaired) electrons. The molecule has 2 rings (SSSR count). The Labute approximate surface area is 120 Å². The predicted octanol–water partition coefficient (Wildman–Crippen LogP) is 1.45. The van der Waals surface area contributed by atoms with Gasteiger partial charge in [0.2, 0.25) is 5.91 Å². The summed E-state index contributed by atoms with van der Waals surface area (Å²) in [6, 6.07) is 0. The number of carbonyl (C=O) groups is 1. The van der Waals surface area contributed by atoms with Crippen molar-refractivity contribution in [3.05, 3.63) is 0 Å². The third-order valence-corrected chi connectivity index (χ3v) is 5.02. The Morgan fingerprint density at radius 1 is 1.37 bits per heavy atom. The minimum atomic E-state index is -0.654. The second kappa shape index (κ2) is 5.02. The lowest BCUT2D eigenvalue weighted by atomic mass is 9.61. The number of thiocarbonyl (C=S) groups is 1. The van der Waals surface area contributed by atoms with Gasteiger partial charge in [0.05, 0.1) is 16.0 Å². The molecule has 108 valence electrons. The zero-order chi connectivity index (χ0) is 14.3. The molecule has 0 bridgehead atoms. The standard InChI is InChI=1S/C14H24N2O2S/c1-10-8-14(9-10,11(15)19)12(17)16-6-3-4-13(2,18)5-7-16/h10,18H,3-9H2,1-2H3,(H2,15,19). The smallest absolute Gasteiger partial charge is 0.235 e. The number of aliphatic hydroxyl groups is 1. The van der Waals surface area contributed by atoms with E-state index in [4.69, 9.17) is 18.0 Å². The van der Waals surface area contributed by atoms with Gasteiger partial charge >= 0.3 is 0 Å². The van der Waals surface area contributed by atoms with Crippen molar-refractivity contribution in [2.75, 3.05) is 13.1 Å². The van der Waals surface area contributed by atoms with Crippen molar-refractivity contribution in [2.24, 2.45) is 17.1 Å². The molecule has 1 unspecified atom stereocenters. The number of rotatable bonds is 2. The van der Waals surface area contributed by atoms with E-state index in [1.165, 1.54) is 0 Å². The van der Waals surface area contributed by atoms with Crippen LogP contribution >= 0.6 is 12.2 Å². The molecule has 1 amide bonds. The van der Waals surface area contributed by atoms with Crippen LogP contribution in [0.5, 0.6) is 0 Å². The average molecular weight is 284 g/mol. The molecule has 0 aromatic rings. The molecular weight excluding hydrogens is 260 g/mol. The van der Waals surface area contributed by atoms with Crippen molar-refractivity contribution in [3.63, 3.8) is 0 Å². The number of hydrogen-bond donors (Lipinski definition) is 2. The predicted molar refractivity (Wildman–Crippen MR) is 78.7 cm³/mol. The van der Waals surface area contributed by atoms with E-state index in [-0.39, 0.29) is 5.91 Å². The lowest BCUT2D eigenvalue weighted by Gasteiger charge is -2.46. The van der Waals surface area contributed by atoms with Gasteiger partial charge < -0.3 is 15.7 Å². The first-order valence-electron chi connectivity index (χ1n) is 7.08. The molecular formula is C14H24N2O2S. The van der Waals surface area contributed by atoms with E-state index in [0.717, 1.165) is 25.7 Å². The average Bonchev–Trinajstić information content (AvgIpc) is 2.44. The lowest BCUT2D eigenvalue weighted by Crippen LogP contribution is -2.57. The number of nitrogens with two attached hydrogens (primary N) is 1. The van der Waals surface area contributed by atoms with Crippen LogP contribution in [-0.2, 0) is 4.79 Å². The molecule has 0 spiro atoms. The Morgan fingerprint density at radius 2 is 2.00 bits per heavy atom. The van der Waals surface area contributed by atoms with Gasteiger partial charge in [-0.1, -0.05) is 19.1 Å². The maximum Gasteiger partial charge on any atom is 0.235 e. The third-order valence-electron chi connectivity index (χ3n) is 4.63. The number of hydrogen-bond acceptors (Lipinski definition) is 3. The largest absolute Gasteiger partial charge is 0.392 e. The fourth-order valence-electron chi connectivity index (χ4n) is 3.38. The molecule has 0 aromatic carbocycles. The summed E-state index contributed by atoms with van der Waals surface area (Å²) in [7, 11) is 0. The highest BCUT2D eigenvalue weighted by molar-refractivity contribution is 7.80. The molecule has 1 atom stereocenters. The molecule has 2 aliphatic rings. The van der Waals surface area contributed by atoms with E-state index < -0.39 is 11.0 Å². The highest BCUT2D eigenvalue weighted by Gasteiger charge is 2.52. The summed E-state index contributed by atoms with van der Waals surface area (Å²) in [4.78, 5) is 14.9. The van der Waals surface area contributed by atoms with Crippen LogP contribution in [0.1, 0.15) is 46.0 Å². The van der Waals surface area contributed by atoms with E-state index in [0.29, 0.717) is 30.4 Å². The second-order valence-electron chi connectivity index (χ2n) is 6.60. The van der Waals surface area contributed by atoms with Crippen LogP contribution in [0.2, 0.25) is 0 Å². The van der Waals surface area contributed by atoms with Crippen LogP contribution in [0.4, 0.5) is 0 Å². The topological polar surface area (TPSA) is 66.6 Å². The summed E-state index contributed by atoms with van der Waals surface area (Å²) >= 11 is 5.14. The first-order valence-corrected chi connectivity index (χ1v) is 7.49. The number of nitrogens with zero attached hydrogens (tertiary/aromatic N) is 1. The van der Waals surface area contributed by atoms with Crippen LogP contribution < -0.4 is 5.73 Å². The SMILES string of the molecule is CC1CC(C(=O)N2CCCC(C)(O)CC2)(C(N)=S)C1. The minimum Gasteiger partial charge on any atom is -0.392 e. The quantitative estimate of drug-likeness (QED) is 0.753. The fourth-order valence-corrected chi connectivity index (χ4v) is 3.63. The molecule has 4 nitrogen and oxygen atoms in total. The molecule has 5 heteroatoms. The van der Waals surface area contributed by atoms with Crippen LogP contribution in [0, 0.1) is 11.3 Å². The van der Waals surface area contributed by atoms with Gasteiger partial charge in [0.15, 0.2) is 0 Å². The van der Waals surface area contributed by atoms with Crippen molar-refractivity contribution in [3.8, 4) is 0 Å². The minimum absolute atomic E-state index is 0.0794. The normalized spacial score (nSPS) is 39.3. The van der Waals surface area contributed by atoms with Gasteiger partial charge in [0.25, 0.3) is 0 Å². The van der Waals surface area contributed by atoms with Gasteiger partial charge in [0, 0.05) is 13.1 Å². The number of amides is 1. The van der Waals surface area contributed by atoms with Crippen LogP contribution in [0.15, 0.2) is 0 Å². The van der Waals surface area contributed by atoms with Gasteiger partial charge in [0.1, 0.15) is 0 Å². The molecule has 1 saturated heterocycles. The Hall–Kier alpha value is -0.680. The highest BCUT2D eigenvalue weighted by atomic mass is 32.1. The summed E-state index contributed by atoms with van der Waals surface area (Å²) in [6.07, 6.45) is 3.75. The van der Waals surface area contributed by atoms with Crippen molar-refractivity contribution >= 4 is 23.1 Å². The Balaban J connectivity index is 2.09. The maximum atomic E-state index is 12.7. The highest BCUT2D eigenvalue weighted by Crippen LogP contribution is 2.47. The molecule has 2 fully saturated rings. The van der Waals surface area contributed by atoms with Gasteiger partial charge in [-0.05, 0) is 44.9 Å². The second-order valence-corrected chi connectivity index (χ2v) is 7.04. The van der Waals surface area contributed by atoms with E-state index in [2.05, 4.69) is 6.92 Å². The zero-order valence-electron chi connectivity index (χ0n) is 11.8. The van der Waals surface area contributed by atoms with Gasteiger partial charge in [-0.25, -0.2) is 0 Å². The Bertz CT molecular complexity index is 389. The first kappa shape index (κ1) is 14.7. The Morgan fingerprint density at radius 3 is 2.53 bits per heavy atom. The molecule has 0 aromatic heterocycles. The van der Waals surface area contributed by atoms with Gasteiger partial charge in [-0.2, -0.15) is 0 Å². The third kappa shape index (κ3) is 2.77. The maximum absolute atomic E-state index is 12.7. The summed E-state index contributed by atoms with van der Waals surface area (Å²) in [5.41, 5.74) is 4.57. The lowest BCUT2D eigenvalue weighted by molar-refractivity contribution is -0.144. The van der Waals surface area contributed by atoms with Crippen molar-refractivity contribution < 1.29 is 9.90 Å². The fraction of sp³-hybridized carbons (Fsp3) is 0.857. The molecule has 3 N–H and O–H groups in total. The summed E-state index contributed by atoms with van der Waals surface area (Å²) < 4.78 is 0. The zero-order valence-corrected chi connectivity index (χ0v) is 12.6. The first-order chi connectivity index (χ1) is 8.77. The van der Waals surface area contributed by atoms with E-state index in [1.54, 1.807) is 0 Å². The molecule has 1 aliphatic carbocycles. The van der Waals surface area contributed by atoms with Gasteiger partial charge in [-0.3, -0.25) is 4.79 Å². The van der Waals surface area contributed by atoms with E-state index >= 15 is 0 Å². The van der Waals surface area contributed by atoms with Crippen molar-refractivity contribution in [1.29, 1.82) is 0 Å². The monoisotopic (exact) mass is 284 g/mol. The van der Waals surface area contributed by atoms with E-state index in [1.807, 2.05) is 11.8 Å². The van der Waals surface area contributed by atoms with Gasteiger partial charge in [-0.15, -0.1) is 0 Å². The number of likely N-dealkylation sites (tertiary alicyclic amines) is 1. The van der Waals surface area contributed by atoms with E-state index in [9.17, 15) is 9.90 Å². The van der Waals surface area contributed by atoms with Crippen molar-refractivity contribution in [2.45, 2.75) is 51.6 Å². The van der Waals surface area contributed by atoms with Crippen LogP contribution in [0.3, 0.4) is 0 Å². The van der Waals surface area contributed by atoms with Crippen LogP contribution in [-0.4, -0.2) is 39.6 Å². The number of carbonyl (C=O) groups excluding carboxylic acids is 1. The summed E-state index contributed by atoms with van der Waals surface area (Å²) in [5, 5.41) is 10.1. The van der Waals surface area contributed by atoms with Crippen molar-refractivity contribution in [1.82, 2.24) is 4.90 Å². The van der Waals surface area contributed by atoms with Crippen LogP contribution in [0.25, 0.3) is 0 Å². The molecule has 1 aliphatic heterocycles. The molecule has 19 heavy (non-hydrogen) atoms. The Kier molecular flexibility index (Phi) is 3.89.